The van der Waals surface area contributed by atoms with Crippen LogP contribution < -0.4 is 10.1 Å². The van der Waals surface area contributed by atoms with Crippen LogP contribution in [0.15, 0.2) is 18.3 Å². The zero-order valence-corrected chi connectivity index (χ0v) is 11.7. The molecule has 1 aromatic rings. The summed E-state index contributed by atoms with van der Waals surface area (Å²) in [5.74, 6) is 2.41. The van der Waals surface area contributed by atoms with Gasteiger partial charge in [-0.3, -0.25) is 0 Å². The molecule has 1 aliphatic rings. The monoisotopic (exact) mass is 268 g/mol. The van der Waals surface area contributed by atoms with Gasteiger partial charge in [-0.2, -0.15) is 0 Å². The van der Waals surface area contributed by atoms with Crippen LogP contribution in [0.3, 0.4) is 0 Å². The molecule has 0 saturated heterocycles. The van der Waals surface area contributed by atoms with Crippen LogP contribution in [0.5, 0.6) is 5.75 Å². The van der Waals surface area contributed by atoms with E-state index in [4.69, 9.17) is 16.3 Å². The summed E-state index contributed by atoms with van der Waals surface area (Å²) in [5, 5.41) is 3.41. The van der Waals surface area contributed by atoms with E-state index >= 15 is 0 Å². The van der Waals surface area contributed by atoms with Crippen LogP contribution in [-0.2, 0) is 0 Å². The first-order chi connectivity index (χ1) is 8.78. The van der Waals surface area contributed by atoms with E-state index in [1.165, 1.54) is 32.1 Å². The summed E-state index contributed by atoms with van der Waals surface area (Å²) < 4.78 is 5.09. The Hall–Kier alpha value is -0.960. The molecule has 1 fully saturated rings. The normalized spacial score (nSPS) is 18.3. The number of alkyl halides is 1. The molecule has 1 N–H and O–H groups in total. The number of hydrogen-bond acceptors (Lipinski definition) is 3. The minimum Gasteiger partial charge on any atom is -0.495 e. The largest absolute Gasteiger partial charge is 0.495 e. The van der Waals surface area contributed by atoms with Gasteiger partial charge in [0, 0.05) is 17.8 Å². The molecule has 0 bridgehead atoms. The van der Waals surface area contributed by atoms with E-state index in [1.807, 2.05) is 12.1 Å². The highest BCUT2D eigenvalue weighted by Gasteiger charge is 2.30. The zero-order valence-electron chi connectivity index (χ0n) is 10.9. The molecular weight excluding hydrogens is 248 g/mol. The lowest BCUT2D eigenvalue weighted by Gasteiger charge is -2.35. The third-order valence-corrected chi connectivity index (χ3v) is 4.38. The number of pyridine rings is 1. The maximum Gasteiger partial charge on any atom is 0.137 e. The first kappa shape index (κ1) is 13.5. The van der Waals surface area contributed by atoms with Crippen molar-refractivity contribution in [2.24, 2.45) is 5.41 Å². The molecule has 4 heteroatoms. The molecule has 0 atom stereocenters. The quantitative estimate of drug-likeness (QED) is 0.827. The lowest BCUT2D eigenvalue weighted by Crippen LogP contribution is -2.34. The van der Waals surface area contributed by atoms with Gasteiger partial charge in [0.25, 0.3) is 0 Å². The predicted octanol–water partition coefficient (Wildman–Crippen LogP) is 3.69. The Morgan fingerprint density at radius 3 is 2.67 bits per heavy atom. The van der Waals surface area contributed by atoms with Crippen LogP contribution in [0, 0.1) is 5.41 Å². The number of anilines is 1. The van der Waals surface area contributed by atoms with Gasteiger partial charge < -0.3 is 10.1 Å². The van der Waals surface area contributed by atoms with Crippen molar-refractivity contribution in [1.82, 2.24) is 4.98 Å². The first-order valence-corrected chi connectivity index (χ1v) is 7.11. The van der Waals surface area contributed by atoms with E-state index in [1.54, 1.807) is 13.3 Å². The van der Waals surface area contributed by atoms with Crippen LogP contribution in [0.4, 0.5) is 5.82 Å². The summed E-state index contributed by atoms with van der Waals surface area (Å²) in [4.78, 5) is 4.32. The Morgan fingerprint density at radius 2 is 2.11 bits per heavy atom. The number of hydrogen-bond donors (Lipinski definition) is 1. The maximum absolute atomic E-state index is 6.17. The minimum absolute atomic E-state index is 0.251. The predicted molar refractivity (Wildman–Crippen MR) is 75.5 cm³/mol. The fraction of sp³-hybridized carbons (Fsp3) is 0.643. The molecule has 0 radical (unpaired) electrons. The Morgan fingerprint density at radius 1 is 1.33 bits per heavy atom. The van der Waals surface area contributed by atoms with Gasteiger partial charge in [-0.25, -0.2) is 4.98 Å². The van der Waals surface area contributed by atoms with Gasteiger partial charge in [-0.05, 0) is 25.0 Å². The molecular formula is C14H21ClN2O. The second kappa shape index (κ2) is 6.28. The second-order valence-corrected chi connectivity index (χ2v) is 5.40. The summed E-state index contributed by atoms with van der Waals surface area (Å²) >= 11 is 6.17. The van der Waals surface area contributed by atoms with Crippen molar-refractivity contribution in [3.8, 4) is 5.75 Å². The molecule has 1 heterocycles. The number of rotatable bonds is 5. The van der Waals surface area contributed by atoms with Crippen molar-refractivity contribution in [1.29, 1.82) is 0 Å². The summed E-state index contributed by atoms with van der Waals surface area (Å²) in [7, 11) is 1.65. The number of methoxy groups -OCH3 is 1. The molecule has 3 nitrogen and oxygen atoms in total. The average Bonchev–Trinajstić information content (AvgIpc) is 2.47. The molecule has 1 saturated carbocycles. The number of nitrogens with one attached hydrogen (secondary N) is 1. The molecule has 0 unspecified atom stereocenters. The van der Waals surface area contributed by atoms with Gasteiger partial charge in [0.15, 0.2) is 0 Å². The molecule has 0 aliphatic heterocycles. The van der Waals surface area contributed by atoms with Crippen molar-refractivity contribution < 1.29 is 4.74 Å². The fourth-order valence-corrected chi connectivity index (χ4v) is 2.90. The van der Waals surface area contributed by atoms with Crippen LogP contribution in [0.2, 0.25) is 0 Å². The number of halogens is 1. The van der Waals surface area contributed by atoms with Crippen molar-refractivity contribution in [3.05, 3.63) is 18.3 Å². The molecule has 18 heavy (non-hydrogen) atoms. The van der Waals surface area contributed by atoms with Crippen molar-refractivity contribution >= 4 is 17.4 Å². The van der Waals surface area contributed by atoms with Crippen LogP contribution in [0.25, 0.3) is 0 Å². The van der Waals surface area contributed by atoms with E-state index in [-0.39, 0.29) is 5.41 Å². The lowest BCUT2D eigenvalue weighted by atomic mass is 9.75. The highest BCUT2D eigenvalue weighted by Crippen LogP contribution is 2.37. The third kappa shape index (κ3) is 3.29. The van der Waals surface area contributed by atoms with Gasteiger partial charge >= 0.3 is 0 Å². The standard InChI is InChI=1S/C14H21ClN2O/c1-18-12-5-6-13(16-9-12)17-11-14(10-15)7-3-2-4-8-14/h5-6,9H,2-4,7-8,10-11H2,1H3,(H,16,17). The van der Waals surface area contributed by atoms with Gasteiger partial charge in [0.05, 0.1) is 13.3 Å². The summed E-state index contributed by atoms with van der Waals surface area (Å²) in [5.41, 5.74) is 0.251. The highest BCUT2D eigenvalue weighted by atomic mass is 35.5. The number of aromatic nitrogens is 1. The van der Waals surface area contributed by atoms with Gasteiger partial charge in [-0.15, -0.1) is 11.6 Å². The molecule has 0 spiro atoms. The summed E-state index contributed by atoms with van der Waals surface area (Å²) in [6.07, 6.45) is 8.12. The molecule has 1 aliphatic carbocycles. The van der Waals surface area contributed by atoms with Crippen LogP contribution >= 0.6 is 11.6 Å². The van der Waals surface area contributed by atoms with Gasteiger partial charge in [0.1, 0.15) is 11.6 Å². The molecule has 100 valence electrons. The number of nitrogens with zero attached hydrogens (tertiary/aromatic N) is 1. The maximum atomic E-state index is 6.17. The molecule has 1 aromatic heterocycles. The first-order valence-electron chi connectivity index (χ1n) is 6.58. The minimum atomic E-state index is 0.251. The van der Waals surface area contributed by atoms with Crippen molar-refractivity contribution in [2.45, 2.75) is 32.1 Å². The highest BCUT2D eigenvalue weighted by molar-refractivity contribution is 6.18. The van der Waals surface area contributed by atoms with Gasteiger partial charge in [-0.1, -0.05) is 19.3 Å². The van der Waals surface area contributed by atoms with E-state index in [2.05, 4.69) is 10.3 Å². The number of ether oxygens (including phenoxy) is 1. The van der Waals surface area contributed by atoms with E-state index in [0.29, 0.717) is 0 Å². The summed E-state index contributed by atoms with van der Waals surface area (Å²) in [6.45, 7) is 0.913. The topological polar surface area (TPSA) is 34.1 Å². The molecule has 2 rings (SSSR count). The third-order valence-electron chi connectivity index (χ3n) is 3.81. The molecule has 0 amide bonds. The zero-order chi connectivity index (χ0) is 12.8. The average molecular weight is 269 g/mol. The SMILES string of the molecule is COc1ccc(NCC2(CCl)CCCCC2)nc1. The Kier molecular flexibility index (Phi) is 4.70. The Balaban J connectivity index is 1.92. The van der Waals surface area contributed by atoms with E-state index in [0.717, 1.165) is 24.0 Å². The Bertz CT molecular complexity index is 361. The van der Waals surface area contributed by atoms with Crippen molar-refractivity contribution in [3.63, 3.8) is 0 Å². The smallest absolute Gasteiger partial charge is 0.137 e. The molecule has 0 aromatic carbocycles. The Labute approximate surface area is 114 Å². The van der Waals surface area contributed by atoms with Crippen LogP contribution in [-0.4, -0.2) is 24.5 Å². The summed E-state index contributed by atoms with van der Waals surface area (Å²) in [6, 6.07) is 3.87. The second-order valence-electron chi connectivity index (χ2n) is 5.13. The van der Waals surface area contributed by atoms with Gasteiger partial charge in [0.2, 0.25) is 0 Å². The van der Waals surface area contributed by atoms with Crippen molar-refractivity contribution in [2.75, 3.05) is 24.9 Å². The van der Waals surface area contributed by atoms with Crippen LogP contribution in [0.1, 0.15) is 32.1 Å². The van der Waals surface area contributed by atoms with E-state index < -0.39 is 0 Å². The van der Waals surface area contributed by atoms with E-state index in [9.17, 15) is 0 Å². The lowest BCUT2D eigenvalue weighted by molar-refractivity contribution is 0.238. The fourth-order valence-electron chi connectivity index (χ4n) is 2.54.